The average Bonchev–Trinajstić information content (AvgIpc) is 2.32. The van der Waals surface area contributed by atoms with Crippen LogP contribution in [0.2, 0.25) is 0 Å². The van der Waals surface area contributed by atoms with Crippen molar-refractivity contribution >= 4 is 15.8 Å². The van der Waals surface area contributed by atoms with Crippen molar-refractivity contribution in [2.45, 2.75) is 13.5 Å². The summed E-state index contributed by atoms with van der Waals surface area (Å²) < 4.78 is 23.7. The summed E-state index contributed by atoms with van der Waals surface area (Å²) in [6.07, 6.45) is 4.58. The van der Waals surface area contributed by atoms with Gasteiger partial charge in [-0.2, -0.15) is 0 Å². The lowest BCUT2D eigenvalue weighted by Gasteiger charge is -2.11. The fourth-order valence-corrected chi connectivity index (χ4v) is 2.54. The highest BCUT2D eigenvalue weighted by Gasteiger charge is 2.11. The van der Waals surface area contributed by atoms with Gasteiger partial charge in [0.2, 0.25) is 0 Å². The second kappa shape index (κ2) is 4.00. The standard InChI is InChI=1S/C8H15N3O2S/c1-7(6-14(2,12)13)5-11-4-3-10-8(11)9/h3-4,7H,5-6H2,1-2H3,(H2,9,10). The summed E-state index contributed by atoms with van der Waals surface area (Å²) in [6.45, 7) is 2.46. The molecule has 0 bridgehead atoms. The number of sulfone groups is 1. The monoisotopic (exact) mass is 217 g/mol. The van der Waals surface area contributed by atoms with Gasteiger partial charge in [0.15, 0.2) is 5.95 Å². The molecule has 1 heterocycles. The average molecular weight is 217 g/mol. The van der Waals surface area contributed by atoms with E-state index in [2.05, 4.69) is 4.98 Å². The molecule has 6 heteroatoms. The summed E-state index contributed by atoms with van der Waals surface area (Å²) in [5.74, 6) is 0.636. The summed E-state index contributed by atoms with van der Waals surface area (Å²) in [6, 6.07) is 0. The first-order chi connectivity index (χ1) is 6.38. The van der Waals surface area contributed by atoms with E-state index in [1.165, 1.54) is 6.26 Å². The van der Waals surface area contributed by atoms with Gasteiger partial charge in [-0.1, -0.05) is 6.92 Å². The molecule has 0 radical (unpaired) electrons. The van der Waals surface area contributed by atoms with Crippen LogP contribution in [0.5, 0.6) is 0 Å². The van der Waals surface area contributed by atoms with Crippen LogP contribution in [-0.4, -0.2) is 30.0 Å². The first kappa shape index (κ1) is 11.0. The van der Waals surface area contributed by atoms with E-state index >= 15 is 0 Å². The van der Waals surface area contributed by atoms with Gasteiger partial charge in [0.05, 0.1) is 5.75 Å². The first-order valence-electron chi connectivity index (χ1n) is 4.33. The largest absolute Gasteiger partial charge is 0.369 e. The van der Waals surface area contributed by atoms with E-state index in [0.717, 1.165) is 0 Å². The van der Waals surface area contributed by atoms with Gasteiger partial charge in [0, 0.05) is 25.2 Å². The molecule has 0 saturated carbocycles. The molecule has 2 N–H and O–H groups in total. The van der Waals surface area contributed by atoms with Gasteiger partial charge >= 0.3 is 0 Å². The minimum atomic E-state index is -2.91. The molecule has 80 valence electrons. The smallest absolute Gasteiger partial charge is 0.200 e. The zero-order valence-electron chi connectivity index (χ0n) is 8.34. The maximum absolute atomic E-state index is 11.0. The molecule has 1 aromatic rings. The summed E-state index contributed by atoms with van der Waals surface area (Å²) in [5, 5.41) is 0. The zero-order chi connectivity index (χ0) is 10.8. The number of nitrogen functional groups attached to an aromatic ring is 1. The highest BCUT2D eigenvalue weighted by Crippen LogP contribution is 2.07. The molecule has 5 nitrogen and oxygen atoms in total. The van der Waals surface area contributed by atoms with Crippen LogP contribution in [0.3, 0.4) is 0 Å². The maximum atomic E-state index is 11.0. The van der Waals surface area contributed by atoms with Crippen molar-refractivity contribution in [1.29, 1.82) is 0 Å². The number of nitrogens with two attached hydrogens (primary N) is 1. The molecule has 0 aliphatic rings. The Morgan fingerprint density at radius 3 is 2.71 bits per heavy atom. The van der Waals surface area contributed by atoms with Crippen LogP contribution < -0.4 is 5.73 Å². The van der Waals surface area contributed by atoms with E-state index in [1.54, 1.807) is 17.0 Å². The number of hydrogen-bond acceptors (Lipinski definition) is 4. The van der Waals surface area contributed by atoms with Gasteiger partial charge < -0.3 is 10.3 Å². The van der Waals surface area contributed by atoms with Crippen molar-refractivity contribution < 1.29 is 8.42 Å². The molecule has 0 aromatic carbocycles. The molecule has 0 fully saturated rings. The minimum absolute atomic E-state index is 0.0431. The van der Waals surface area contributed by atoms with Crippen molar-refractivity contribution in [2.75, 3.05) is 17.7 Å². The Bertz CT molecular complexity index is 396. The van der Waals surface area contributed by atoms with Gasteiger partial charge in [-0.25, -0.2) is 13.4 Å². The third-order valence-corrected chi connectivity index (χ3v) is 3.02. The second-order valence-electron chi connectivity index (χ2n) is 3.64. The molecule has 0 aliphatic heterocycles. The molecule has 1 unspecified atom stereocenters. The van der Waals surface area contributed by atoms with Crippen LogP contribution in [0, 0.1) is 5.92 Å². The predicted octanol–water partition coefficient (Wildman–Crippen LogP) is 0.146. The summed E-state index contributed by atoms with van der Waals surface area (Å²) in [4.78, 5) is 3.86. The van der Waals surface area contributed by atoms with Crippen LogP contribution in [0.1, 0.15) is 6.92 Å². The molecule has 1 aromatic heterocycles. The Balaban J connectivity index is 2.58. The number of anilines is 1. The van der Waals surface area contributed by atoms with Gasteiger partial charge in [0.1, 0.15) is 9.84 Å². The third kappa shape index (κ3) is 3.37. The summed E-state index contributed by atoms with van der Waals surface area (Å²) in [5.41, 5.74) is 5.56. The second-order valence-corrected chi connectivity index (χ2v) is 5.82. The lowest BCUT2D eigenvalue weighted by Crippen LogP contribution is -2.18. The highest BCUT2D eigenvalue weighted by molar-refractivity contribution is 7.90. The van der Waals surface area contributed by atoms with E-state index in [9.17, 15) is 8.42 Å². The van der Waals surface area contributed by atoms with Crippen LogP contribution in [0.4, 0.5) is 5.95 Å². The van der Waals surface area contributed by atoms with E-state index in [4.69, 9.17) is 5.73 Å². The fourth-order valence-electron chi connectivity index (χ4n) is 1.40. The number of rotatable bonds is 4. The Hall–Kier alpha value is -1.04. The van der Waals surface area contributed by atoms with Crippen molar-refractivity contribution in [3.05, 3.63) is 12.4 Å². The lowest BCUT2D eigenvalue weighted by atomic mass is 10.2. The van der Waals surface area contributed by atoms with Gasteiger partial charge in [-0.15, -0.1) is 0 Å². The quantitative estimate of drug-likeness (QED) is 0.778. The van der Waals surface area contributed by atoms with Crippen molar-refractivity contribution in [3.8, 4) is 0 Å². The maximum Gasteiger partial charge on any atom is 0.200 e. The molecular formula is C8H15N3O2S. The minimum Gasteiger partial charge on any atom is -0.369 e. The molecule has 0 amide bonds. The SMILES string of the molecule is CC(Cn1ccnc1N)CS(C)(=O)=O. The van der Waals surface area contributed by atoms with Crippen LogP contribution >= 0.6 is 0 Å². The normalized spacial score (nSPS) is 14.1. The molecule has 0 spiro atoms. The van der Waals surface area contributed by atoms with E-state index in [0.29, 0.717) is 12.5 Å². The van der Waals surface area contributed by atoms with E-state index in [-0.39, 0.29) is 11.7 Å². The molecule has 0 saturated heterocycles. The Kier molecular flexibility index (Phi) is 3.15. The fraction of sp³-hybridized carbons (Fsp3) is 0.625. The molecular weight excluding hydrogens is 202 g/mol. The topological polar surface area (TPSA) is 78.0 Å². The zero-order valence-corrected chi connectivity index (χ0v) is 9.16. The molecule has 1 atom stereocenters. The highest BCUT2D eigenvalue weighted by atomic mass is 32.2. The van der Waals surface area contributed by atoms with Gasteiger partial charge in [0.25, 0.3) is 0 Å². The predicted molar refractivity (Wildman–Crippen MR) is 55.5 cm³/mol. The summed E-state index contributed by atoms with van der Waals surface area (Å²) in [7, 11) is -2.91. The summed E-state index contributed by atoms with van der Waals surface area (Å²) >= 11 is 0. The lowest BCUT2D eigenvalue weighted by molar-refractivity contribution is 0.516. The van der Waals surface area contributed by atoms with Crippen LogP contribution in [0.15, 0.2) is 12.4 Å². The van der Waals surface area contributed by atoms with Crippen molar-refractivity contribution in [2.24, 2.45) is 5.92 Å². The Morgan fingerprint density at radius 2 is 2.29 bits per heavy atom. The molecule has 1 rings (SSSR count). The Labute approximate surface area is 83.9 Å². The van der Waals surface area contributed by atoms with E-state index in [1.807, 2.05) is 6.92 Å². The number of hydrogen-bond donors (Lipinski definition) is 1. The van der Waals surface area contributed by atoms with Crippen LogP contribution in [0.25, 0.3) is 0 Å². The molecule has 0 aliphatic carbocycles. The van der Waals surface area contributed by atoms with Gasteiger partial charge in [-0.3, -0.25) is 0 Å². The number of aromatic nitrogens is 2. The third-order valence-electron chi connectivity index (χ3n) is 1.84. The number of nitrogens with zero attached hydrogens (tertiary/aromatic N) is 2. The number of imidazole rings is 1. The van der Waals surface area contributed by atoms with Crippen LogP contribution in [-0.2, 0) is 16.4 Å². The van der Waals surface area contributed by atoms with E-state index < -0.39 is 9.84 Å². The van der Waals surface area contributed by atoms with Crippen molar-refractivity contribution in [1.82, 2.24) is 9.55 Å². The molecule has 14 heavy (non-hydrogen) atoms. The van der Waals surface area contributed by atoms with Crippen molar-refractivity contribution in [3.63, 3.8) is 0 Å². The first-order valence-corrected chi connectivity index (χ1v) is 6.39. The van der Waals surface area contributed by atoms with Gasteiger partial charge in [-0.05, 0) is 5.92 Å². The Morgan fingerprint density at radius 1 is 1.64 bits per heavy atom.